The largest absolute Gasteiger partial charge is 0.265 e. The van der Waals surface area contributed by atoms with Gasteiger partial charge >= 0.3 is 0 Å². The lowest BCUT2D eigenvalue weighted by Crippen LogP contribution is -2.03. The third kappa shape index (κ3) is 2.64. The molecule has 1 heterocycles. The van der Waals surface area contributed by atoms with Gasteiger partial charge in [0.15, 0.2) is 17.5 Å². The summed E-state index contributed by atoms with van der Waals surface area (Å²) in [5.41, 5.74) is 0.793. The summed E-state index contributed by atoms with van der Waals surface area (Å²) < 4.78 is 39.4. The van der Waals surface area contributed by atoms with Gasteiger partial charge in [0.2, 0.25) is 0 Å². The molecule has 0 radical (unpaired) electrons. The molecule has 0 aliphatic rings. The zero-order chi connectivity index (χ0) is 13.1. The minimum Gasteiger partial charge on any atom is -0.265 e. The van der Waals surface area contributed by atoms with Crippen LogP contribution in [0.5, 0.6) is 0 Å². The van der Waals surface area contributed by atoms with Crippen LogP contribution in [0.3, 0.4) is 0 Å². The van der Waals surface area contributed by atoms with Crippen LogP contribution in [0.2, 0.25) is 0 Å². The van der Waals surface area contributed by atoms with Crippen LogP contribution in [-0.4, -0.2) is 4.98 Å². The number of aromatic nitrogens is 1. The van der Waals surface area contributed by atoms with Crippen LogP contribution < -0.4 is 0 Å². The number of halogens is 4. The molecule has 2 rings (SSSR count). The van der Waals surface area contributed by atoms with Gasteiger partial charge in [-0.3, -0.25) is 4.98 Å². The fourth-order valence-electron chi connectivity index (χ4n) is 1.62. The predicted octanol–water partition coefficient (Wildman–Crippen LogP) is 4.02. The molecule has 0 aliphatic heterocycles. The monoisotopic (exact) mass is 271 g/mol. The van der Waals surface area contributed by atoms with Gasteiger partial charge in [-0.25, -0.2) is 13.2 Å². The smallest absolute Gasteiger partial charge is 0.194 e. The van der Waals surface area contributed by atoms with E-state index in [-0.39, 0.29) is 5.56 Å². The quantitative estimate of drug-likeness (QED) is 0.607. The summed E-state index contributed by atoms with van der Waals surface area (Å²) in [6, 6.07) is 5.49. The minimum absolute atomic E-state index is 0.0487. The van der Waals surface area contributed by atoms with Crippen LogP contribution in [-0.2, 0) is 6.42 Å². The van der Waals surface area contributed by atoms with Gasteiger partial charge in [-0.2, -0.15) is 0 Å². The van der Waals surface area contributed by atoms with Gasteiger partial charge in [0.25, 0.3) is 0 Å². The Kier molecular flexibility index (Phi) is 3.87. The van der Waals surface area contributed by atoms with Crippen molar-refractivity contribution in [2.75, 3.05) is 0 Å². The van der Waals surface area contributed by atoms with Gasteiger partial charge in [0.05, 0.1) is 5.38 Å². The summed E-state index contributed by atoms with van der Waals surface area (Å²) in [5.74, 6) is -3.94. The normalized spacial score (nSPS) is 12.4. The number of alkyl halides is 1. The maximum atomic E-state index is 13.5. The van der Waals surface area contributed by atoms with Crippen molar-refractivity contribution in [1.82, 2.24) is 4.98 Å². The predicted molar refractivity (Wildman–Crippen MR) is 62.9 cm³/mol. The topological polar surface area (TPSA) is 12.9 Å². The van der Waals surface area contributed by atoms with Crippen LogP contribution in [0.25, 0.3) is 0 Å². The lowest BCUT2D eigenvalue weighted by molar-refractivity contribution is 0.440. The first kappa shape index (κ1) is 12.9. The molecular formula is C13H9ClF3N. The van der Waals surface area contributed by atoms with E-state index in [1.54, 1.807) is 24.5 Å². The van der Waals surface area contributed by atoms with Gasteiger partial charge in [-0.05, 0) is 30.2 Å². The van der Waals surface area contributed by atoms with Crippen molar-refractivity contribution in [3.63, 3.8) is 0 Å². The second-order valence-electron chi connectivity index (χ2n) is 3.79. The first-order valence-corrected chi connectivity index (χ1v) is 5.69. The molecule has 5 heteroatoms. The molecule has 1 aromatic carbocycles. The first-order valence-electron chi connectivity index (χ1n) is 5.26. The lowest BCUT2D eigenvalue weighted by atomic mass is 10.0. The number of hydrogen-bond donors (Lipinski definition) is 0. The molecule has 0 saturated heterocycles. The maximum absolute atomic E-state index is 13.5. The fourth-order valence-corrected chi connectivity index (χ4v) is 1.97. The maximum Gasteiger partial charge on any atom is 0.194 e. The van der Waals surface area contributed by atoms with E-state index in [0.29, 0.717) is 6.42 Å². The SMILES string of the molecule is Fc1ccc(C(Cl)Cc2ccncc2)c(F)c1F. The van der Waals surface area contributed by atoms with Crippen molar-refractivity contribution >= 4 is 11.6 Å². The molecule has 0 bridgehead atoms. The van der Waals surface area contributed by atoms with E-state index < -0.39 is 22.8 Å². The van der Waals surface area contributed by atoms with Crippen LogP contribution in [0.15, 0.2) is 36.7 Å². The van der Waals surface area contributed by atoms with Crippen LogP contribution in [0.1, 0.15) is 16.5 Å². The molecule has 0 spiro atoms. The van der Waals surface area contributed by atoms with Crippen LogP contribution >= 0.6 is 11.6 Å². The molecule has 0 saturated carbocycles. The Bertz CT molecular complexity index is 545. The summed E-state index contributed by atoms with van der Waals surface area (Å²) in [7, 11) is 0. The highest BCUT2D eigenvalue weighted by Gasteiger charge is 2.19. The molecule has 0 fully saturated rings. The van der Waals surface area contributed by atoms with Crippen molar-refractivity contribution in [2.45, 2.75) is 11.8 Å². The average Bonchev–Trinajstić information content (AvgIpc) is 2.37. The molecule has 0 N–H and O–H groups in total. The third-order valence-electron chi connectivity index (χ3n) is 2.57. The second kappa shape index (κ2) is 5.40. The molecule has 1 aromatic heterocycles. The Morgan fingerprint density at radius 2 is 1.67 bits per heavy atom. The number of rotatable bonds is 3. The van der Waals surface area contributed by atoms with Crippen molar-refractivity contribution < 1.29 is 13.2 Å². The number of hydrogen-bond acceptors (Lipinski definition) is 1. The zero-order valence-corrected chi connectivity index (χ0v) is 9.96. The van der Waals surface area contributed by atoms with E-state index in [4.69, 9.17) is 11.6 Å². The molecule has 2 aromatic rings. The summed E-state index contributed by atoms with van der Waals surface area (Å²) in [4.78, 5) is 3.84. The second-order valence-corrected chi connectivity index (χ2v) is 4.32. The Morgan fingerprint density at radius 3 is 2.33 bits per heavy atom. The molecule has 0 amide bonds. The zero-order valence-electron chi connectivity index (χ0n) is 9.21. The van der Waals surface area contributed by atoms with Gasteiger partial charge in [0.1, 0.15) is 0 Å². The molecule has 1 nitrogen and oxygen atoms in total. The van der Waals surface area contributed by atoms with E-state index in [2.05, 4.69) is 4.98 Å². The van der Waals surface area contributed by atoms with Crippen molar-refractivity contribution in [3.05, 3.63) is 65.2 Å². The van der Waals surface area contributed by atoms with E-state index in [1.807, 2.05) is 0 Å². The summed E-state index contributed by atoms with van der Waals surface area (Å²) in [5, 5.41) is -0.762. The van der Waals surface area contributed by atoms with E-state index in [9.17, 15) is 13.2 Å². The summed E-state index contributed by atoms with van der Waals surface area (Å²) in [6.45, 7) is 0. The molecule has 1 atom stereocenters. The number of pyridine rings is 1. The Labute approximate surface area is 107 Å². The number of nitrogens with zero attached hydrogens (tertiary/aromatic N) is 1. The van der Waals surface area contributed by atoms with E-state index in [1.165, 1.54) is 0 Å². The third-order valence-corrected chi connectivity index (χ3v) is 2.96. The van der Waals surface area contributed by atoms with Gasteiger partial charge < -0.3 is 0 Å². The van der Waals surface area contributed by atoms with Crippen LogP contribution in [0, 0.1) is 17.5 Å². The van der Waals surface area contributed by atoms with Crippen LogP contribution in [0.4, 0.5) is 13.2 Å². The minimum atomic E-state index is -1.49. The van der Waals surface area contributed by atoms with Gasteiger partial charge in [-0.1, -0.05) is 6.07 Å². The first-order chi connectivity index (χ1) is 8.59. The number of benzene rings is 1. The molecule has 94 valence electrons. The van der Waals surface area contributed by atoms with Gasteiger partial charge in [-0.15, -0.1) is 11.6 Å². The molecule has 1 unspecified atom stereocenters. The Morgan fingerprint density at radius 1 is 1.00 bits per heavy atom. The standard InChI is InChI=1S/C13H9ClF3N/c14-10(7-8-3-5-18-6-4-8)9-1-2-11(15)13(17)12(9)16/h1-6,10H,7H2. The lowest BCUT2D eigenvalue weighted by Gasteiger charge is -2.11. The summed E-state index contributed by atoms with van der Waals surface area (Å²) in [6.07, 6.45) is 3.48. The highest BCUT2D eigenvalue weighted by molar-refractivity contribution is 6.20. The van der Waals surface area contributed by atoms with Gasteiger partial charge in [0, 0.05) is 18.0 Å². The van der Waals surface area contributed by atoms with Crippen molar-refractivity contribution in [1.29, 1.82) is 0 Å². The molecule has 0 aliphatic carbocycles. The molecule has 18 heavy (non-hydrogen) atoms. The highest BCUT2D eigenvalue weighted by atomic mass is 35.5. The molecular weight excluding hydrogens is 263 g/mol. The van der Waals surface area contributed by atoms with E-state index in [0.717, 1.165) is 17.7 Å². The average molecular weight is 272 g/mol. The summed E-state index contributed by atoms with van der Waals surface area (Å²) >= 11 is 6.02. The Hall–Kier alpha value is -1.55. The Balaban J connectivity index is 2.24. The highest BCUT2D eigenvalue weighted by Crippen LogP contribution is 2.29. The fraction of sp³-hybridized carbons (Fsp3) is 0.154. The van der Waals surface area contributed by atoms with Crippen molar-refractivity contribution in [2.24, 2.45) is 0 Å². The van der Waals surface area contributed by atoms with E-state index >= 15 is 0 Å². The van der Waals surface area contributed by atoms with Crippen molar-refractivity contribution in [3.8, 4) is 0 Å².